The second-order valence-electron chi connectivity index (χ2n) is 4.55. The molecule has 19 heavy (non-hydrogen) atoms. The van der Waals surface area contributed by atoms with E-state index in [1.165, 1.54) is 0 Å². The van der Waals surface area contributed by atoms with Crippen LogP contribution >= 0.6 is 11.3 Å². The number of aromatic amines is 1. The highest BCUT2D eigenvalue weighted by Crippen LogP contribution is 2.29. The van der Waals surface area contributed by atoms with Gasteiger partial charge < -0.3 is 10.3 Å². The molecule has 0 unspecified atom stereocenters. The SMILES string of the molecule is CCCC(C#N)(CCC)C(=O)NCc1csc(=O)[nH]1. The van der Waals surface area contributed by atoms with Crippen LogP contribution in [0.15, 0.2) is 10.2 Å². The topological polar surface area (TPSA) is 85.8 Å². The van der Waals surface area contributed by atoms with E-state index in [-0.39, 0.29) is 17.3 Å². The van der Waals surface area contributed by atoms with Gasteiger partial charge in [0.2, 0.25) is 5.91 Å². The highest BCUT2D eigenvalue weighted by Gasteiger charge is 2.36. The Morgan fingerprint density at radius 1 is 1.47 bits per heavy atom. The van der Waals surface area contributed by atoms with Crippen LogP contribution in [0.25, 0.3) is 0 Å². The van der Waals surface area contributed by atoms with Crippen molar-refractivity contribution >= 4 is 17.2 Å². The first-order valence-corrected chi connectivity index (χ1v) is 7.32. The highest BCUT2D eigenvalue weighted by atomic mass is 32.1. The summed E-state index contributed by atoms with van der Waals surface area (Å²) in [6.45, 7) is 4.19. The molecule has 0 aliphatic heterocycles. The number of amides is 1. The van der Waals surface area contributed by atoms with Crippen molar-refractivity contribution in [2.24, 2.45) is 5.41 Å². The third-order valence-electron chi connectivity index (χ3n) is 3.01. The van der Waals surface area contributed by atoms with E-state index in [9.17, 15) is 14.9 Å². The van der Waals surface area contributed by atoms with Crippen molar-refractivity contribution in [2.75, 3.05) is 0 Å². The fourth-order valence-corrected chi connectivity index (χ4v) is 2.69. The molecule has 0 aliphatic rings. The molecule has 1 amide bonds. The maximum Gasteiger partial charge on any atom is 0.304 e. The standard InChI is InChI=1S/C13H19N3O2S/c1-3-5-13(9-14,6-4-2)11(17)15-7-10-8-19-12(18)16-10/h8H,3-7H2,1-2H3,(H,15,17)(H,16,18). The summed E-state index contributed by atoms with van der Waals surface area (Å²) in [6, 6.07) is 2.18. The number of nitriles is 1. The van der Waals surface area contributed by atoms with Crippen molar-refractivity contribution in [3.05, 3.63) is 20.7 Å². The van der Waals surface area contributed by atoms with Crippen LogP contribution in [-0.2, 0) is 11.3 Å². The highest BCUT2D eigenvalue weighted by molar-refractivity contribution is 7.07. The molecule has 104 valence electrons. The molecule has 0 atom stereocenters. The first-order valence-electron chi connectivity index (χ1n) is 6.44. The van der Waals surface area contributed by atoms with Gasteiger partial charge in [0.15, 0.2) is 0 Å². The zero-order valence-corrected chi connectivity index (χ0v) is 12.1. The molecule has 0 bridgehead atoms. The molecule has 2 N–H and O–H groups in total. The number of hydrogen-bond donors (Lipinski definition) is 2. The van der Waals surface area contributed by atoms with Crippen molar-refractivity contribution in [3.63, 3.8) is 0 Å². The molecular formula is C13H19N3O2S. The van der Waals surface area contributed by atoms with E-state index in [1.807, 2.05) is 13.8 Å². The first kappa shape index (κ1) is 15.4. The summed E-state index contributed by atoms with van der Waals surface area (Å²) >= 11 is 1.06. The van der Waals surface area contributed by atoms with Crippen LogP contribution in [0.2, 0.25) is 0 Å². The molecule has 0 aliphatic carbocycles. The number of H-pyrrole nitrogens is 1. The van der Waals surface area contributed by atoms with Gasteiger partial charge in [0.05, 0.1) is 12.6 Å². The molecule has 1 aromatic rings. The molecule has 1 rings (SSSR count). The van der Waals surface area contributed by atoms with Gasteiger partial charge in [0.1, 0.15) is 5.41 Å². The second-order valence-corrected chi connectivity index (χ2v) is 5.39. The first-order chi connectivity index (χ1) is 9.07. The van der Waals surface area contributed by atoms with E-state index in [0.717, 1.165) is 24.2 Å². The summed E-state index contributed by atoms with van der Waals surface area (Å²) in [4.78, 5) is 25.7. The lowest BCUT2D eigenvalue weighted by molar-refractivity contribution is -0.129. The molecule has 0 saturated carbocycles. The van der Waals surface area contributed by atoms with E-state index < -0.39 is 5.41 Å². The molecule has 0 spiro atoms. The third-order valence-corrected chi connectivity index (χ3v) is 3.73. The number of rotatable bonds is 7. The van der Waals surface area contributed by atoms with Gasteiger partial charge in [0.25, 0.3) is 0 Å². The van der Waals surface area contributed by atoms with Crippen molar-refractivity contribution in [2.45, 2.75) is 46.1 Å². The predicted molar refractivity (Wildman–Crippen MR) is 74.6 cm³/mol. The Labute approximate surface area is 116 Å². The third kappa shape index (κ3) is 3.93. The van der Waals surface area contributed by atoms with Gasteiger partial charge in [-0.25, -0.2) is 0 Å². The van der Waals surface area contributed by atoms with Crippen molar-refractivity contribution in [3.8, 4) is 6.07 Å². The smallest absolute Gasteiger partial charge is 0.304 e. The maximum atomic E-state index is 12.2. The molecule has 0 fully saturated rings. The minimum Gasteiger partial charge on any atom is -0.349 e. The largest absolute Gasteiger partial charge is 0.349 e. The molecule has 0 saturated heterocycles. The normalized spacial score (nSPS) is 11.0. The van der Waals surface area contributed by atoms with Crippen molar-refractivity contribution < 1.29 is 4.79 Å². The Balaban J connectivity index is 2.72. The number of hydrogen-bond acceptors (Lipinski definition) is 4. The summed E-state index contributed by atoms with van der Waals surface area (Å²) in [5, 5.41) is 13.8. The van der Waals surface area contributed by atoms with Gasteiger partial charge in [-0.3, -0.25) is 9.59 Å². The second kappa shape index (κ2) is 7.10. The number of nitrogens with zero attached hydrogens (tertiary/aromatic N) is 1. The fraction of sp³-hybridized carbons (Fsp3) is 0.615. The average Bonchev–Trinajstić information content (AvgIpc) is 2.81. The van der Waals surface area contributed by atoms with Crippen LogP contribution in [-0.4, -0.2) is 10.9 Å². The number of aromatic nitrogens is 1. The number of thiazole rings is 1. The van der Waals surface area contributed by atoms with Crippen molar-refractivity contribution in [1.82, 2.24) is 10.3 Å². The summed E-state index contributed by atoms with van der Waals surface area (Å²) < 4.78 is 0. The lowest BCUT2D eigenvalue weighted by atomic mass is 9.80. The van der Waals surface area contributed by atoms with Gasteiger partial charge >= 0.3 is 4.87 Å². The van der Waals surface area contributed by atoms with Crippen LogP contribution in [0.3, 0.4) is 0 Å². The van der Waals surface area contributed by atoms with Crippen LogP contribution in [0.5, 0.6) is 0 Å². The van der Waals surface area contributed by atoms with E-state index in [2.05, 4.69) is 16.4 Å². The predicted octanol–water partition coefficient (Wildman–Crippen LogP) is 2.16. The van der Waals surface area contributed by atoms with E-state index >= 15 is 0 Å². The molecule has 1 aromatic heterocycles. The van der Waals surface area contributed by atoms with Crippen LogP contribution in [0, 0.1) is 16.7 Å². The Morgan fingerprint density at radius 3 is 2.53 bits per heavy atom. The molecule has 0 aromatic carbocycles. The molecular weight excluding hydrogens is 262 g/mol. The Kier molecular flexibility index (Phi) is 5.77. The number of nitrogens with one attached hydrogen (secondary N) is 2. The Morgan fingerprint density at radius 2 is 2.11 bits per heavy atom. The van der Waals surface area contributed by atoms with E-state index in [0.29, 0.717) is 18.5 Å². The van der Waals surface area contributed by atoms with Crippen LogP contribution < -0.4 is 10.2 Å². The van der Waals surface area contributed by atoms with Gasteiger partial charge in [-0.15, -0.1) is 0 Å². The minimum atomic E-state index is -0.945. The quantitative estimate of drug-likeness (QED) is 0.803. The summed E-state index contributed by atoms with van der Waals surface area (Å²) in [7, 11) is 0. The summed E-state index contributed by atoms with van der Waals surface area (Å²) in [5.41, 5.74) is -0.275. The summed E-state index contributed by atoms with van der Waals surface area (Å²) in [6.07, 6.45) is 2.69. The van der Waals surface area contributed by atoms with E-state index in [4.69, 9.17) is 0 Å². The molecule has 6 heteroatoms. The number of carbonyl (C=O) groups is 1. The van der Waals surface area contributed by atoms with Gasteiger partial charge in [-0.2, -0.15) is 5.26 Å². The Bertz CT molecular complexity index is 506. The lowest BCUT2D eigenvalue weighted by Gasteiger charge is -2.24. The molecule has 0 radical (unpaired) electrons. The Hall–Kier alpha value is -1.61. The van der Waals surface area contributed by atoms with Gasteiger partial charge in [-0.05, 0) is 12.8 Å². The van der Waals surface area contributed by atoms with Crippen molar-refractivity contribution in [1.29, 1.82) is 5.26 Å². The average molecular weight is 281 g/mol. The van der Waals surface area contributed by atoms with E-state index in [1.54, 1.807) is 5.38 Å². The molecule has 5 nitrogen and oxygen atoms in total. The monoisotopic (exact) mass is 281 g/mol. The zero-order chi connectivity index (χ0) is 14.3. The molecule has 1 heterocycles. The lowest BCUT2D eigenvalue weighted by Crippen LogP contribution is -2.39. The maximum absolute atomic E-state index is 12.2. The summed E-state index contributed by atoms with van der Waals surface area (Å²) in [5.74, 6) is -0.245. The fourth-order valence-electron chi connectivity index (χ4n) is 2.11. The van der Waals surface area contributed by atoms with Gasteiger partial charge in [0, 0.05) is 11.1 Å². The van der Waals surface area contributed by atoms with Gasteiger partial charge in [-0.1, -0.05) is 38.0 Å². The van der Waals surface area contributed by atoms with Crippen LogP contribution in [0.1, 0.15) is 45.2 Å². The zero-order valence-electron chi connectivity index (χ0n) is 11.3. The minimum absolute atomic E-state index is 0.141. The van der Waals surface area contributed by atoms with Crippen LogP contribution in [0.4, 0.5) is 0 Å². The number of carbonyl (C=O) groups excluding carboxylic acids is 1.